The molecule has 1 amide bonds. The van der Waals surface area contributed by atoms with E-state index in [1.54, 1.807) is 0 Å². The van der Waals surface area contributed by atoms with Crippen LogP contribution in [-0.2, 0) is 11.8 Å². The molecule has 0 aliphatic carbocycles. The van der Waals surface area contributed by atoms with Crippen molar-refractivity contribution in [1.82, 2.24) is 20.2 Å². The van der Waals surface area contributed by atoms with Gasteiger partial charge < -0.3 is 20.1 Å². The molecule has 134 valence electrons. The number of fused-ring (bicyclic) bond motifs is 1. The number of anilines is 1. The first kappa shape index (κ1) is 16.4. The van der Waals surface area contributed by atoms with Crippen LogP contribution in [0.1, 0.15) is 25.7 Å². The van der Waals surface area contributed by atoms with E-state index >= 15 is 0 Å². The quantitative estimate of drug-likeness (QED) is 0.888. The Bertz CT molecular complexity index is 749. The Hall–Kier alpha value is -2.08. The van der Waals surface area contributed by atoms with Crippen LogP contribution >= 0.6 is 0 Å². The van der Waals surface area contributed by atoms with E-state index in [4.69, 9.17) is 4.98 Å². The topological polar surface area (TPSA) is 62.2 Å². The van der Waals surface area contributed by atoms with Crippen LogP contribution in [-0.4, -0.2) is 47.7 Å². The standard InChI is InChI=1S/C19H27N5O/c1-23-17-9-3-2-7-15(17)22-19(23)24-11-5-6-14(13-24)12-21-18(25)16-8-4-10-20-16/h2-3,7,9,14,16,20H,4-6,8,10-13H2,1H3,(H,21,25). The molecule has 2 N–H and O–H groups in total. The lowest BCUT2D eigenvalue weighted by Crippen LogP contribution is -2.46. The summed E-state index contributed by atoms with van der Waals surface area (Å²) in [5.74, 6) is 1.69. The largest absolute Gasteiger partial charge is 0.354 e. The third-order valence-electron chi connectivity index (χ3n) is 5.51. The second kappa shape index (κ2) is 7.04. The van der Waals surface area contributed by atoms with Gasteiger partial charge in [0.25, 0.3) is 0 Å². The number of benzene rings is 1. The molecular weight excluding hydrogens is 314 g/mol. The van der Waals surface area contributed by atoms with Crippen molar-refractivity contribution in [3.63, 3.8) is 0 Å². The van der Waals surface area contributed by atoms with Gasteiger partial charge in [0.2, 0.25) is 11.9 Å². The number of carbonyl (C=O) groups excluding carboxylic acids is 1. The average molecular weight is 341 g/mol. The molecule has 0 bridgehead atoms. The first-order chi connectivity index (χ1) is 12.2. The minimum Gasteiger partial charge on any atom is -0.354 e. The second-order valence-corrected chi connectivity index (χ2v) is 7.31. The van der Waals surface area contributed by atoms with Crippen molar-refractivity contribution < 1.29 is 4.79 Å². The smallest absolute Gasteiger partial charge is 0.237 e. The van der Waals surface area contributed by atoms with Crippen molar-refractivity contribution in [3.05, 3.63) is 24.3 Å². The lowest BCUT2D eigenvalue weighted by Gasteiger charge is -2.33. The summed E-state index contributed by atoms with van der Waals surface area (Å²) in [6.45, 7) is 3.71. The third-order valence-corrected chi connectivity index (χ3v) is 5.51. The molecule has 3 heterocycles. The Kier molecular flexibility index (Phi) is 4.61. The zero-order valence-electron chi connectivity index (χ0n) is 14.9. The highest BCUT2D eigenvalue weighted by atomic mass is 16.2. The molecule has 4 rings (SSSR count). The number of nitrogens with one attached hydrogen (secondary N) is 2. The van der Waals surface area contributed by atoms with E-state index in [0.717, 1.165) is 56.9 Å². The Morgan fingerprint density at radius 1 is 1.32 bits per heavy atom. The summed E-state index contributed by atoms with van der Waals surface area (Å²) in [6, 6.07) is 8.28. The summed E-state index contributed by atoms with van der Waals surface area (Å²) >= 11 is 0. The summed E-state index contributed by atoms with van der Waals surface area (Å²) in [5, 5.41) is 6.42. The molecule has 2 aliphatic rings. The number of rotatable bonds is 4. The minimum absolute atomic E-state index is 0.0135. The number of aromatic nitrogens is 2. The molecule has 2 aromatic rings. The number of hydrogen-bond acceptors (Lipinski definition) is 4. The number of para-hydroxylation sites is 2. The van der Waals surface area contributed by atoms with Crippen molar-refractivity contribution in [3.8, 4) is 0 Å². The zero-order chi connectivity index (χ0) is 17.2. The molecule has 0 saturated carbocycles. The molecular formula is C19H27N5O. The predicted octanol–water partition coefficient (Wildman–Crippen LogP) is 1.66. The summed E-state index contributed by atoms with van der Waals surface area (Å²) < 4.78 is 2.18. The molecule has 2 aliphatic heterocycles. The number of piperidine rings is 1. The maximum absolute atomic E-state index is 12.2. The Balaban J connectivity index is 1.40. The van der Waals surface area contributed by atoms with Gasteiger partial charge >= 0.3 is 0 Å². The number of hydrogen-bond donors (Lipinski definition) is 2. The molecule has 6 heteroatoms. The van der Waals surface area contributed by atoms with Crippen molar-refractivity contribution in [2.24, 2.45) is 13.0 Å². The number of aryl methyl sites for hydroxylation is 1. The Morgan fingerprint density at radius 3 is 3.00 bits per heavy atom. The first-order valence-corrected chi connectivity index (χ1v) is 9.40. The Morgan fingerprint density at radius 2 is 2.20 bits per heavy atom. The molecule has 2 unspecified atom stereocenters. The SMILES string of the molecule is Cn1c(N2CCCC(CNC(=O)C3CCCN3)C2)nc2ccccc21. The van der Waals surface area contributed by atoms with Gasteiger partial charge in [-0.2, -0.15) is 0 Å². The van der Waals surface area contributed by atoms with E-state index < -0.39 is 0 Å². The third kappa shape index (κ3) is 3.35. The number of amides is 1. The van der Waals surface area contributed by atoms with Crippen molar-refractivity contribution >= 4 is 22.9 Å². The first-order valence-electron chi connectivity index (χ1n) is 9.40. The van der Waals surface area contributed by atoms with Gasteiger partial charge in [-0.3, -0.25) is 4.79 Å². The fraction of sp³-hybridized carbons (Fsp3) is 0.579. The van der Waals surface area contributed by atoms with Gasteiger partial charge in [-0.1, -0.05) is 12.1 Å². The van der Waals surface area contributed by atoms with Gasteiger partial charge in [-0.05, 0) is 50.3 Å². The van der Waals surface area contributed by atoms with Crippen molar-refractivity contribution in [1.29, 1.82) is 0 Å². The lowest BCUT2D eigenvalue weighted by atomic mass is 9.98. The van der Waals surface area contributed by atoms with Crippen LogP contribution in [0.4, 0.5) is 5.95 Å². The van der Waals surface area contributed by atoms with Gasteiger partial charge in [0.1, 0.15) is 0 Å². The normalized spacial score (nSPS) is 24.0. The van der Waals surface area contributed by atoms with Crippen LogP contribution in [0.5, 0.6) is 0 Å². The molecule has 1 aromatic heterocycles. The van der Waals surface area contributed by atoms with Crippen LogP contribution in [0.15, 0.2) is 24.3 Å². The summed E-state index contributed by atoms with van der Waals surface area (Å²) in [4.78, 5) is 19.4. The summed E-state index contributed by atoms with van der Waals surface area (Å²) in [6.07, 6.45) is 4.37. The van der Waals surface area contributed by atoms with Crippen molar-refractivity contribution in [2.75, 3.05) is 31.1 Å². The minimum atomic E-state index is 0.0135. The highest BCUT2D eigenvalue weighted by Crippen LogP contribution is 2.25. The molecule has 2 fully saturated rings. The molecule has 25 heavy (non-hydrogen) atoms. The van der Waals surface area contributed by atoms with Crippen LogP contribution < -0.4 is 15.5 Å². The number of nitrogens with zero attached hydrogens (tertiary/aromatic N) is 3. The van der Waals surface area contributed by atoms with Crippen LogP contribution in [0, 0.1) is 5.92 Å². The van der Waals surface area contributed by atoms with E-state index in [2.05, 4.69) is 45.3 Å². The predicted molar refractivity (Wildman–Crippen MR) is 99.7 cm³/mol. The van der Waals surface area contributed by atoms with E-state index in [0.29, 0.717) is 5.92 Å². The summed E-state index contributed by atoms with van der Waals surface area (Å²) in [7, 11) is 2.09. The van der Waals surface area contributed by atoms with Crippen LogP contribution in [0.25, 0.3) is 11.0 Å². The molecule has 6 nitrogen and oxygen atoms in total. The van der Waals surface area contributed by atoms with Crippen molar-refractivity contribution in [2.45, 2.75) is 31.7 Å². The van der Waals surface area contributed by atoms with E-state index in [1.807, 2.05) is 6.07 Å². The highest BCUT2D eigenvalue weighted by molar-refractivity contribution is 5.82. The van der Waals surface area contributed by atoms with E-state index in [9.17, 15) is 4.79 Å². The molecule has 0 radical (unpaired) electrons. The Labute approximate surface area is 148 Å². The fourth-order valence-electron chi connectivity index (χ4n) is 4.11. The number of imidazole rings is 1. The lowest BCUT2D eigenvalue weighted by molar-refractivity contribution is -0.122. The summed E-state index contributed by atoms with van der Waals surface area (Å²) in [5.41, 5.74) is 2.21. The highest BCUT2D eigenvalue weighted by Gasteiger charge is 2.26. The number of carbonyl (C=O) groups is 1. The maximum atomic E-state index is 12.2. The maximum Gasteiger partial charge on any atom is 0.237 e. The van der Waals surface area contributed by atoms with Gasteiger partial charge in [0.15, 0.2) is 0 Å². The van der Waals surface area contributed by atoms with Gasteiger partial charge in [-0.15, -0.1) is 0 Å². The van der Waals surface area contributed by atoms with Crippen LogP contribution in [0.2, 0.25) is 0 Å². The fourth-order valence-corrected chi connectivity index (χ4v) is 4.11. The van der Waals surface area contributed by atoms with E-state index in [-0.39, 0.29) is 11.9 Å². The zero-order valence-corrected chi connectivity index (χ0v) is 14.9. The molecule has 2 atom stereocenters. The molecule has 0 spiro atoms. The van der Waals surface area contributed by atoms with E-state index in [1.165, 1.54) is 11.9 Å². The molecule has 2 saturated heterocycles. The van der Waals surface area contributed by atoms with Gasteiger partial charge in [0.05, 0.1) is 17.1 Å². The molecule has 1 aromatic carbocycles. The average Bonchev–Trinajstić information content (AvgIpc) is 3.29. The van der Waals surface area contributed by atoms with Gasteiger partial charge in [-0.25, -0.2) is 4.98 Å². The second-order valence-electron chi connectivity index (χ2n) is 7.31. The monoisotopic (exact) mass is 341 g/mol. The van der Waals surface area contributed by atoms with Gasteiger partial charge in [0, 0.05) is 26.7 Å². The van der Waals surface area contributed by atoms with Crippen LogP contribution in [0.3, 0.4) is 0 Å².